The van der Waals surface area contributed by atoms with E-state index in [0.717, 1.165) is 37.0 Å². The van der Waals surface area contributed by atoms with E-state index < -0.39 is 29.6 Å². The summed E-state index contributed by atoms with van der Waals surface area (Å²) in [7, 11) is 0. The summed E-state index contributed by atoms with van der Waals surface area (Å²) in [5.74, 6) is -2.85. The van der Waals surface area contributed by atoms with E-state index in [1.54, 1.807) is 23.9 Å². The number of ether oxygens (including phenoxy) is 1. The van der Waals surface area contributed by atoms with Gasteiger partial charge in [0.25, 0.3) is 0 Å². The van der Waals surface area contributed by atoms with Gasteiger partial charge in [0.1, 0.15) is 17.5 Å². The second-order valence-electron chi connectivity index (χ2n) is 10.9. The lowest BCUT2D eigenvalue weighted by molar-refractivity contribution is -0.142. The molecular formula is C30H32FN3O4S. The predicted octanol–water partition coefficient (Wildman–Crippen LogP) is 4.29. The number of amides is 3. The Labute approximate surface area is 231 Å². The molecule has 0 radical (unpaired) electrons. The van der Waals surface area contributed by atoms with Gasteiger partial charge in [0.2, 0.25) is 17.7 Å². The van der Waals surface area contributed by atoms with Crippen LogP contribution in [0.1, 0.15) is 37.7 Å². The summed E-state index contributed by atoms with van der Waals surface area (Å²) >= 11 is 1.57. The van der Waals surface area contributed by atoms with Crippen LogP contribution in [0.5, 0.6) is 0 Å². The second kappa shape index (κ2) is 10.4. The molecule has 2 bridgehead atoms. The molecule has 1 saturated carbocycles. The maximum absolute atomic E-state index is 14.1. The zero-order chi connectivity index (χ0) is 27.1. The van der Waals surface area contributed by atoms with E-state index in [1.807, 2.05) is 42.7 Å². The smallest absolute Gasteiger partial charge is 0.246 e. The van der Waals surface area contributed by atoms with Crippen molar-refractivity contribution in [2.45, 2.75) is 67.3 Å². The predicted molar refractivity (Wildman–Crippen MR) is 146 cm³/mol. The lowest BCUT2D eigenvalue weighted by atomic mass is 9.74. The van der Waals surface area contributed by atoms with Gasteiger partial charge < -0.3 is 20.3 Å². The van der Waals surface area contributed by atoms with Crippen LogP contribution in [0.3, 0.4) is 0 Å². The van der Waals surface area contributed by atoms with E-state index >= 15 is 0 Å². The van der Waals surface area contributed by atoms with Crippen molar-refractivity contribution in [1.82, 2.24) is 10.2 Å². The minimum atomic E-state index is -1.23. The second-order valence-corrected chi connectivity index (χ2v) is 11.7. The number of nitrogens with one attached hydrogen (secondary N) is 2. The molecule has 7 nitrogen and oxygen atoms in total. The molecule has 3 heterocycles. The number of rotatable bonds is 7. The molecule has 3 aliphatic heterocycles. The third kappa shape index (κ3) is 4.65. The van der Waals surface area contributed by atoms with Gasteiger partial charge >= 0.3 is 0 Å². The van der Waals surface area contributed by atoms with Crippen molar-refractivity contribution < 1.29 is 23.5 Å². The van der Waals surface area contributed by atoms with Gasteiger partial charge in [0.05, 0.1) is 17.9 Å². The molecular weight excluding hydrogens is 517 g/mol. The Morgan fingerprint density at radius 2 is 1.87 bits per heavy atom. The maximum atomic E-state index is 14.1. The Balaban J connectivity index is 1.32. The molecule has 6 rings (SSSR count). The molecule has 5 atom stereocenters. The zero-order valence-electron chi connectivity index (χ0n) is 21.8. The van der Waals surface area contributed by atoms with Crippen molar-refractivity contribution >= 4 is 35.2 Å². The number of halogens is 1. The molecule has 2 aromatic carbocycles. The molecule has 3 fully saturated rings. The summed E-state index contributed by atoms with van der Waals surface area (Å²) in [5, 5.41) is 6.16. The Kier molecular flexibility index (Phi) is 6.97. The highest BCUT2D eigenvalue weighted by atomic mass is 32.2. The van der Waals surface area contributed by atoms with E-state index in [1.165, 1.54) is 17.0 Å². The minimum Gasteiger partial charge on any atom is -0.359 e. The topological polar surface area (TPSA) is 87.7 Å². The lowest BCUT2D eigenvalue weighted by Gasteiger charge is -2.34. The number of anilines is 1. The Morgan fingerprint density at radius 3 is 2.62 bits per heavy atom. The Bertz CT molecular complexity index is 1310. The van der Waals surface area contributed by atoms with Crippen LogP contribution in [-0.2, 0) is 25.7 Å². The van der Waals surface area contributed by atoms with Crippen molar-refractivity contribution in [3.63, 3.8) is 0 Å². The van der Waals surface area contributed by atoms with Gasteiger partial charge in [-0.3, -0.25) is 14.4 Å². The molecule has 1 spiro atoms. The number of hydrogen-bond donors (Lipinski definition) is 2. The van der Waals surface area contributed by atoms with Crippen molar-refractivity contribution in [3.05, 3.63) is 72.1 Å². The molecule has 1 aliphatic carbocycles. The van der Waals surface area contributed by atoms with Crippen LogP contribution >= 0.6 is 11.8 Å². The normalized spacial score (nSPS) is 29.5. The van der Waals surface area contributed by atoms with E-state index in [2.05, 4.69) is 10.6 Å². The molecule has 3 amide bonds. The number of nitrogens with zero attached hydrogens (tertiary/aromatic N) is 1. The summed E-state index contributed by atoms with van der Waals surface area (Å²) in [4.78, 5) is 44.2. The first kappa shape index (κ1) is 26.1. The van der Waals surface area contributed by atoms with Crippen LogP contribution in [0.2, 0.25) is 0 Å². The summed E-state index contributed by atoms with van der Waals surface area (Å²) in [5.41, 5.74) is 0.113. The number of fused-ring (bicyclic) bond motifs is 1. The number of benzene rings is 2. The fourth-order valence-electron chi connectivity index (χ4n) is 6.68. The van der Waals surface area contributed by atoms with Crippen LogP contribution < -0.4 is 10.6 Å². The average molecular weight is 550 g/mol. The van der Waals surface area contributed by atoms with Crippen molar-refractivity contribution in [2.24, 2.45) is 11.8 Å². The molecule has 0 unspecified atom stereocenters. The highest BCUT2D eigenvalue weighted by molar-refractivity contribution is 7.98. The molecule has 0 aromatic heterocycles. The highest BCUT2D eigenvalue weighted by Gasteiger charge is 2.72. The molecule has 9 heteroatoms. The molecule has 4 aliphatic rings. The monoisotopic (exact) mass is 549 g/mol. The zero-order valence-corrected chi connectivity index (χ0v) is 22.6. The quantitative estimate of drug-likeness (QED) is 0.398. The van der Waals surface area contributed by atoms with E-state index in [0.29, 0.717) is 11.3 Å². The van der Waals surface area contributed by atoms with Crippen molar-refractivity contribution in [1.29, 1.82) is 0 Å². The van der Waals surface area contributed by atoms with Gasteiger partial charge in [-0.2, -0.15) is 0 Å². The van der Waals surface area contributed by atoms with Gasteiger partial charge in [-0.05, 0) is 55.0 Å². The Hall–Kier alpha value is -3.17. The average Bonchev–Trinajstić information content (AvgIpc) is 3.58. The number of thioether (sulfide) groups is 1. The van der Waals surface area contributed by atoms with Gasteiger partial charge in [0, 0.05) is 23.2 Å². The number of carbonyl (C=O) groups excluding carboxylic acids is 3. The summed E-state index contributed by atoms with van der Waals surface area (Å²) in [6.07, 6.45) is 10.1. The largest absolute Gasteiger partial charge is 0.359 e. The molecule has 2 N–H and O–H groups in total. The van der Waals surface area contributed by atoms with Crippen LogP contribution in [0.4, 0.5) is 10.1 Å². The first-order valence-electron chi connectivity index (χ1n) is 13.6. The summed E-state index contributed by atoms with van der Waals surface area (Å²) in [6, 6.07) is 12.6. The van der Waals surface area contributed by atoms with Crippen LogP contribution in [0, 0.1) is 17.7 Å². The molecule has 39 heavy (non-hydrogen) atoms. The highest BCUT2D eigenvalue weighted by Crippen LogP contribution is 2.55. The third-order valence-electron chi connectivity index (χ3n) is 8.48. The van der Waals surface area contributed by atoms with Gasteiger partial charge in [0.15, 0.2) is 0 Å². The first-order valence-corrected chi connectivity index (χ1v) is 14.8. The van der Waals surface area contributed by atoms with Gasteiger partial charge in [-0.15, -0.1) is 11.8 Å². The lowest BCUT2D eigenvalue weighted by Crippen LogP contribution is -2.56. The number of hydrogen-bond acceptors (Lipinski definition) is 5. The third-order valence-corrected chi connectivity index (χ3v) is 9.21. The van der Waals surface area contributed by atoms with Crippen LogP contribution in [0.15, 0.2) is 65.6 Å². The van der Waals surface area contributed by atoms with E-state index in [9.17, 15) is 18.8 Å². The summed E-state index contributed by atoms with van der Waals surface area (Å²) in [6.45, 7) is 0.117. The van der Waals surface area contributed by atoms with E-state index in [4.69, 9.17) is 4.74 Å². The fourth-order valence-corrected chi connectivity index (χ4v) is 7.14. The minimum absolute atomic E-state index is 0.0508. The Morgan fingerprint density at radius 1 is 1.10 bits per heavy atom. The first-order chi connectivity index (χ1) is 18.9. The number of carbonyl (C=O) groups is 3. The molecule has 2 aromatic rings. The number of likely N-dealkylation sites (tertiary alicyclic amines) is 1. The van der Waals surface area contributed by atoms with Crippen molar-refractivity contribution in [3.8, 4) is 0 Å². The van der Waals surface area contributed by atoms with Crippen LogP contribution in [-0.4, -0.2) is 52.7 Å². The molecule has 204 valence electrons. The standard InChI is InChI=1S/C30H32FN3O4S/c1-39-22-9-5-8-21(16-22)33-27(35)24-23-14-15-30(38-23)25(24)29(37)34(17-18-10-12-19(31)13-11-18)26(30)28(36)32-20-6-3-2-4-7-20/h5,8-16,20,23-26H,2-4,6-7,17H2,1H3,(H,32,36)(H,33,35)/t23-,24+,25-,26-,30-/m0/s1. The van der Waals surface area contributed by atoms with Gasteiger partial charge in [-0.25, -0.2) is 4.39 Å². The van der Waals surface area contributed by atoms with Gasteiger partial charge in [-0.1, -0.05) is 49.6 Å². The van der Waals surface area contributed by atoms with Crippen molar-refractivity contribution in [2.75, 3.05) is 11.6 Å². The SMILES string of the molecule is CSc1cccc(NC(=O)[C@@H]2[C@@H]3C=C[C@]4(O3)[C@@H]2C(=O)N(Cc2ccc(F)cc2)[C@H]4C(=O)NC2CCCCC2)c1. The summed E-state index contributed by atoms with van der Waals surface area (Å²) < 4.78 is 20.0. The maximum Gasteiger partial charge on any atom is 0.246 e. The molecule has 2 saturated heterocycles. The van der Waals surface area contributed by atoms with E-state index in [-0.39, 0.29) is 36.1 Å². The fraction of sp³-hybridized carbons (Fsp3) is 0.433. The van der Waals surface area contributed by atoms with Crippen LogP contribution in [0.25, 0.3) is 0 Å².